The Bertz CT molecular complexity index is 227. The number of rotatable bonds is 8. The van der Waals surface area contributed by atoms with Gasteiger partial charge in [0.15, 0.2) is 6.10 Å². The summed E-state index contributed by atoms with van der Waals surface area (Å²) in [7, 11) is 0. The molecule has 2 atom stereocenters. The van der Waals surface area contributed by atoms with Gasteiger partial charge in [0.1, 0.15) is 0 Å². The highest BCUT2D eigenvalue weighted by Gasteiger charge is 2.20. The molecule has 1 aliphatic rings. The highest BCUT2D eigenvalue weighted by molar-refractivity contribution is 5.74. The van der Waals surface area contributed by atoms with Gasteiger partial charge < -0.3 is 14.8 Å². The van der Waals surface area contributed by atoms with Crippen LogP contribution in [0.4, 0.5) is 0 Å². The number of hydrogen-bond donors (Lipinski definition) is 1. The molecule has 1 N–H and O–H groups in total. The van der Waals surface area contributed by atoms with Crippen molar-refractivity contribution < 1.29 is 14.3 Å². The van der Waals surface area contributed by atoms with Crippen LogP contribution in [0.1, 0.15) is 46.0 Å². The molecular weight excluding hydrogens is 230 g/mol. The third-order valence-corrected chi connectivity index (χ3v) is 3.34. The maximum absolute atomic E-state index is 11.7. The van der Waals surface area contributed by atoms with Crippen molar-refractivity contribution in [3.05, 3.63) is 0 Å². The SMILES string of the molecule is CCCC(OCCC1CCCNC1)C(=O)OCC. The standard InChI is InChI=1S/C14H27NO3/c1-3-6-13(14(16)17-4-2)18-10-8-12-7-5-9-15-11-12/h12-13,15H,3-11H2,1-2H3. The van der Waals surface area contributed by atoms with Crippen molar-refractivity contribution in [1.29, 1.82) is 0 Å². The first-order valence-corrected chi connectivity index (χ1v) is 7.26. The predicted molar refractivity (Wildman–Crippen MR) is 71.5 cm³/mol. The van der Waals surface area contributed by atoms with Crippen molar-refractivity contribution >= 4 is 5.97 Å². The number of carbonyl (C=O) groups is 1. The zero-order valence-corrected chi connectivity index (χ0v) is 11.7. The topological polar surface area (TPSA) is 47.6 Å². The first kappa shape index (κ1) is 15.4. The normalized spacial score (nSPS) is 21.6. The number of hydrogen-bond acceptors (Lipinski definition) is 4. The van der Waals surface area contributed by atoms with E-state index >= 15 is 0 Å². The molecule has 0 aromatic heterocycles. The molecule has 0 amide bonds. The molecule has 4 heteroatoms. The molecule has 1 aliphatic heterocycles. The molecule has 0 radical (unpaired) electrons. The van der Waals surface area contributed by atoms with E-state index in [4.69, 9.17) is 9.47 Å². The summed E-state index contributed by atoms with van der Waals surface area (Å²) in [4.78, 5) is 11.7. The average Bonchev–Trinajstić information content (AvgIpc) is 2.39. The fourth-order valence-electron chi connectivity index (χ4n) is 2.31. The fraction of sp³-hybridized carbons (Fsp3) is 0.929. The fourth-order valence-corrected chi connectivity index (χ4v) is 2.31. The molecular formula is C14H27NO3. The van der Waals surface area contributed by atoms with Gasteiger partial charge in [0, 0.05) is 6.61 Å². The molecule has 0 aliphatic carbocycles. The highest BCUT2D eigenvalue weighted by Crippen LogP contribution is 2.15. The summed E-state index contributed by atoms with van der Waals surface area (Å²) in [6.07, 6.45) is 4.88. The van der Waals surface area contributed by atoms with Gasteiger partial charge in [-0.25, -0.2) is 4.79 Å². The van der Waals surface area contributed by atoms with Gasteiger partial charge in [-0.3, -0.25) is 0 Å². The average molecular weight is 257 g/mol. The molecule has 2 unspecified atom stereocenters. The van der Waals surface area contributed by atoms with Crippen molar-refractivity contribution in [2.24, 2.45) is 5.92 Å². The van der Waals surface area contributed by atoms with Crippen LogP contribution in [-0.4, -0.2) is 38.4 Å². The molecule has 4 nitrogen and oxygen atoms in total. The van der Waals surface area contributed by atoms with Gasteiger partial charge in [-0.15, -0.1) is 0 Å². The van der Waals surface area contributed by atoms with E-state index in [1.807, 2.05) is 6.92 Å². The zero-order valence-electron chi connectivity index (χ0n) is 11.7. The van der Waals surface area contributed by atoms with Gasteiger partial charge in [0.2, 0.25) is 0 Å². The van der Waals surface area contributed by atoms with E-state index in [9.17, 15) is 4.79 Å². The molecule has 0 aromatic carbocycles. The maximum Gasteiger partial charge on any atom is 0.335 e. The van der Waals surface area contributed by atoms with Crippen LogP contribution in [0.3, 0.4) is 0 Å². The molecule has 0 bridgehead atoms. The molecule has 1 rings (SSSR count). The Labute approximate surface area is 110 Å². The van der Waals surface area contributed by atoms with Gasteiger partial charge in [0.25, 0.3) is 0 Å². The van der Waals surface area contributed by atoms with Gasteiger partial charge in [-0.1, -0.05) is 13.3 Å². The van der Waals surface area contributed by atoms with E-state index in [1.54, 1.807) is 0 Å². The summed E-state index contributed by atoms with van der Waals surface area (Å²) >= 11 is 0. The molecule has 0 spiro atoms. The monoisotopic (exact) mass is 257 g/mol. The Morgan fingerprint density at radius 2 is 2.28 bits per heavy atom. The maximum atomic E-state index is 11.7. The molecule has 1 fully saturated rings. The Balaban J connectivity index is 2.21. The van der Waals surface area contributed by atoms with Crippen molar-refractivity contribution in [2.75, 3.05) is 26.3 Å². The summed E-state index contributed by atoms with van der Waals surface area (Å²) in [5, 5.41) is 3.39. The number of piperidine rings is 1. The lowest BCUT2D eigenvalue weighted by molar-refractivity contribution is -0.157. The number of ether oxygens (including phenoxy) is 2. The third-order valence-electron chi connectivity index (χ3n) is 3.34. The summed E-state index contributed by atoms with van der Waals surface area (Å²) in [5.74, 6) is 0.490. The zero-order chi connectivity index (χ0) is 13.2. The lowest BCUT2D eigenvalue weighted by Crippen LogP contribution is -2.32. The van der Waals surface area contributed by atoms with Crippen molar-refractivity contribution in [1.82, 2.24) is 5.32 Å². The summed E-state index contributed by atoms with van der Waals surface area (Å²) < 4.78 is 10.7. The minimum atomic E-state index is -0.369. The van der Waals surface area contributed by atoms with Gasteiger partial charge in [-0.05, 0) is 51.6 Å². The molecule has 106 valence electrons. The first-order chi connectivity index (χ1) is 8.77. The van der Waals surface area contributed by atoms with Crippen molar-refractivity contribution in [3.63, 3.8) is 0 Å². The van der Waals surface area contributed by atoms with E-state index < -0.39 is 0 Å². The van der Waals surface area contributed by atoms with E-state index in [1.165, 1.54) is 12.8 Å². The van der Waals surface area contributed by atoms with Gasteiger partial charge in [-0.2, -0.15) is 0 Å². The lowest BCUT2D eigenvalue weighted by atomic mass is 9.97. The predicted octanol–water partition coefficient (Wildman–Crippen LogP) is 2.12. The number of nitrogens with one attached hydrogen (secondary N) is 1. The van der Waals surface area contributed by atoms with Crippen LogP contribution in [0, 0.1) is 5.92 Å². The van der Waals surface area contributed by atoms with Crippen molar-refractivity contribution in [3.8, 4) is 0 Å². The first-order valence-electron chi connectivity index (χ1n) is 7.26. The Hall–Kier alpha value is -0.610. The van der Waals surface area contributed by atoms with Crippen LogP contribution < -0.4 is 5.32 Å². The van der Waals surface area contributed by atoms with E-state index in [-0.39, 0.29) is 12.1 Å². The van der Waals surface area contributed by atoms with Crippen LogP contribution >= 0.6 is 0 Å². The van der Waals surface area contributed by atoms with E-state index in [0.717, 1.165) is 32.4 Å². The van der Waals surface area contributed by atoms with Crippen LogP contribution in [0.5, 0.6) is 0 Å². The molecule has 0 aromatic rings. The second kappa shape index (κ2) is 9.34. The lowest BCUT2D eigenvalue weighted by Gasteiger charge is -2.23. The number of carbonyl (C=O) groups excluding carboxylic acids is 1. The minimum absolute atomic E-state index is 0.207. The second-order valence-corrected chi connectivity index (χ2v) is 4.90. The van der Waals surface area contributed by atoms with E-state index in [0.29, 0.717) is 19.1 Å². The van der Waals surface area contributed by atoms with Crippen LogP contribution in [-0.2, 0) is 14.3 Å². The molecule has 18 heavy (non-hydrogen) atoms. The van der Waals surface area contributed by atoms with Gasteiger partial charge in [0.05, 0.1) is 6.61 Å². The summed E-state index contributed by atoms with van der Waals surface area (Å²) in [6.45, 7) is 7.19. The Morgan fingerprint density at radius 1 is 1.44 bits per heavy atom. The molecule has 1 saturated heterocycles. The smallest absolute Gasteiger partial charge is 0.335 e. The molecule has 1 heterocycles. The van der Waals surface area contributed by atoms with Crippen LogP contribution in [0.2, 0.25) is 0 Å². The third kappa shape index (κ3) is 5.83. The number of esters is 1. The molecule has 0 saturated carbocycles. The van der Waals surface area contributed by atoms with Gasteiger partial charge >= 0.3 is 5.97 Å². The summed E-state index contributed by atoms with van der Waals surface area (Å²) in [6, 6.07) is 0. The van der Waals surface area contributed by atoms with E-state index in [2.05, 4.69) is 12.2 Å². The Kier molecular flexibility index (Phi) is 8.01. The van der Waals surface area contributed by atoms with Crippen LogP contribution in [0.15, 0.2) is 0 Å². The van der Waals surface area contributed by atoms with Crippen molar-refractivity contribution in [2.45, 2.75) is 52.1 Å². The van der Waals surface area contributed by atoms with Crippen LogP contribution in [0.25, 0.3) is 0 Å². The quantitative estimate of drug-likeness (QED) is 0.677. The second-order valence-electron chi connectivity index (χ2n) is 4.90. The highest BCUT2D eigenvalue weighted by atomic mass is 16.6. The summed E-state index contributed by atoms with van der Waals surface area (Å²) in [5.41, 5.74) is 0. The minimum Gasteiger partial charge on any atom is -0.464 e. The Morgan fingerprint density at radius 3 is 2.89 bits per heavy atom. The largest absolute Gasteiger partial charge is 0.464 e.